The fraction of sp³-hybridized carbons (Fsp3) is 0.444. The summed E-state index contributed by atoms with van der Waals surface area (Å²) in [5, 5.41) is 12.4. The van der Waals surface area contributed by atoms with Crippen LogP contribution in [0.1, 0.15) is 29.8 Å². The number of carbonyl (C=O) groups is 1. The molecule has 25 heavy (non-hydrogen) atoms. The first-order chi connectivity index (χ1) is 12.1. The molecular weight excluding hydrogens is 325 g/mol. The number of aromatic nitrogens is 1. The van der Waals surface area contributed by atoms with Crippen LogP contribution in [-0.4, -0.2) is 53.2 Å². The Hall–Kier alpha value is -2.25. The lowest BCUT2D eigenvalue weighted by Gasteiger charge is -2.34. The molecule has 1 amide bonds. The number of nitrogens with zero attached hydrogens (tertiary/aromatic N) is 1. The summed E-state index contributed by atoms with van der Waals surface area (Å²) in [6.07, 6.45) is 3.15. The topological polar surface area (TPSA) is 85.4 Å². The van der Waals surface area contributed by atoms with E-state index in [0.717, 1.165) is 25.8 Å². The van der Waals surface area contributed by atoms with Gasteiger partial charge in [-0.1, -0.05) is 12.5 Å². The molecule has 0 radical (unpaired) electrons. The Morgan fingerprint density at radius 1 is 1.40 bits per heavy atom. The van der Waals surface area contributed by atoms with Crippen LogP contribution >= 0.6 is 0 Å². The lowest BCUT2D eigenvalue weighted by Crippen LogP contribution is -2.45. The molecule has 134 valence electrons. The summed E-state index contributed by atoms with van der Waals surface area (Å²) in [5.74, 6) is -1.01. The van der Waals surface area contributed by atoms with Crippen LogP contribution in [0.5, 0.6) is 0 Å². The molecule has 6 nitrogen and oxygen atoms in total. The number of piperidine rings is 1. The predicted molar refractivity (Wildman–Crippen MR) is 93.2 cm³/mol. The normalized spacial score (nSPS) is 18.4. The smallest absolute Gasteiger partial charge is 0.267 e. The summed E-state index contributed by atoms with van der Waals surface area (Å²) >= 11 is 0. The van der Waals surface area contributed by atoms with E-state index in [9.17, 15) is 19.1 Å². The minimum atomic E-state index is -0.566. The van der Waals surface area contributed by atoms with Crippen LogP contribution in [0.25, 0.3) is 10.9 Å². The van der Waals surface area contributed by atoms with Crippen LogP contribution in [0.4, 0.5) is 4.39 Å². The Morgan fingerprint density at radius 3 is 3.04 bits per heavy atom. The first-order valence-electron chi connectivity index (χ1n) is 8.55. The maximum atomic E-state index is 13.9. The fourth-order valence-electron chi connectivity index (χ4n) is 3.33. The van der Waals surface area contributed by atoms with E-state index in [1.54, 1.807) is 0 Å². The molecule has 1 aliphatic heterocycles. The lowest BCUT2D eigenvalue weighted by atomic mass is 10.0. The quantitative estimate of drug-likeness (QED) is 0.760. The highest BCUT2D eigenvalue weighted by Crippen LogP contribution is 2.16. The number of fused-ring (bicyclic) bond motifs is 1. The summed E-state index contributed by atoms with van der Waals surface area (Å²) < 4.78 is 13.9. The Bertz CT molecular complexity index is 821. The largest absolute Gasteiger partial charge is 0.395 e. The average molecular weight is 347 g/mol. The molecule has 0 bridgehead atoms. The van der Waals surface area contributed by atoms with Gasteiger partial charge >= 0.3 is 0 Å². The monoisotopic (exact) mass is 347 g/mol. The zero-order valence-electron chi connectivity index (χ0n) is 13.9. The number of H-pyrrole nitrogens is 1. The van der Waals surface area contributed by atoms with Crippen molar-refractivity contribution in [3.63, 3.8) is 0 Å². The van der Waals surface area contributed by atoms with E-state index in [1.807, 2.05) is 0 Å². The Balaban J connectivity index is 1.66. The van der Waals surface area contributed by atoms with Crippen molar-refractivity contribution in [1.29, 1.82) is 0 Å². The molecule has 0 saturated carbocycles. The first-order valence-corrected chi connectivity index (χ1v) is 8.55. The highest BCUT2D eigenvalue weighted by Gasteiger charge is 2.21. The van der Waals surface area contributed by atoms with E-state index < -0.39 is 17.2 Å². The standard InChI is InChI=1S/C18H22FN3O3/c19-14-6-3-5-13-16(24)10-15(21-17(13)14)18(25)20-7-9-22-8-2-1-4-12(22)11-23/h3,5-6,10,12,23H,1-2,4,7-9,11H2,(H,20,25)(H,21,24)/t12-/m0/s1. The number of hydrogen-bond donors (Lipinski definition) is 3. The number of amides is 1. The number of hydrogen-bond acceptors (Lipinski definition) is 4. The van der Waals surface area contributed by atoms with E-state index in [-0.39, 0.29) is 29.2 Å². The maximum Gasteiger partial charge on any atom is 0.267 e. The summed E-state index contributed by atoms with van der Waals surface area (Å²) in [7, 11) is 0. The number of para-hydroxylation sites is 1. The summed E-state index contributed by atoms with van der Waals surface area (Å²) in [5.41, 5.74) is -0.314. The number of benzene rings is 1. The highest BCUT2D eigenvalue weighted by molar-refractivity contribution is 5.94. The number of carbonyl (C=O) groups excluding carboxylic acids is 1. The summed E-state index contributed by atoms with van der Waals surface area (Å²) in [6, 6.07) is 5.55. The van der Waals surface area contributed by atoms with Gasteiger partial charge in [-0.05, 0) is 31.5 Å². The van der Waals surface area contributed by atoms with E-state index >= 15 is 0 Å². The van der Waals surface area contributed by atoms with Gasteiger partial charge in [-0.3, -0.25) is 14.5 Å². The molecule has 1 fully saturated rings. The Kier molecular flexibility index (Phi) is 5.45. The molecule has 1 aromatic heterocycles. The third-order valence-corrected chi connectivity index (χ3v) is 4.70. The summed E-state index contributed by atoms with van der Waals surface area (Å²) in [6.45, 7) is 2.04. The molecule has 2 aromatic rings. The predicted octanol–water partition coefficient (Wildman–Crippen LogP) is 1.24. The van der Waals surface area contributed by atoms with Crippen molar-refractivity contribution in [2.75, 3.05) is 26.2 Å². The molecule has 1 saturated heterocycles. The second kappa shape index (κ2) is 7.76. The van der Waals surface area contributed by atoms with Crippen LogP contribution in [0.2, 0.25) is 0 Å². The Labute approximate surface area is 144 Å². The summed E-state index contributed by atoms with van der Waals surface area (Å²) in [4.78, 5) is 29.2. The van der Waals surface area contributed by atoms with Crippen LogP contribution < -0.4 is 10.7 Å². The van der Waals surface area contributed by atoms with Gasteiger partial charge in [-0.2, -0.15) is 0 Å². The van der Waals surface area contributed by atoms with Crippen LogP contribution in [-0.2, 0) is 0 Å². The van der Waals surface area contributed by atoms with Crippen LogP contribution in [0.3, 0.4) is 0 Å². The van der Waals surface area contributed by atoms with Gasteiger partial charge in [0.15, 0.2) is 5.43 Å². The van der Waals surface area contributed by atoms with Crippen molar-refractivity contribution in [2.45, 2.75) is 25.3 Å². The molecule has 7 heteroatoms. The number of rotatable bonds is 5. The lowest BCUT2D eigenvalue weighted by molar-refractivity contribution is 0.0847. The second-order valence-corrected chi connectivity index (χ2v) is 6.33. The molecule has 3 rings (SSSR count). The van der Waals surface area contributed by atoms with Gasteiger partial charge in [0, 0.05) is 30.6 Å². The van der Waals surface area contributed by atoms with Crippen molar-refractivity contribution < 1.29 is 14.3 Å². The van der Waals surface area contributed by atoms with E-state index in [0.29, 0.717) is 13.1 Å². The highest BCUT2D eigenvalue weighted by atomic mass is 19.1. The van der Waals surface area contributed by atoms with Crippen molar-refractivity contribution in [1.82, 2.24) is 15.2 Å². The van der Waals surface area contributed by atoms with Crippen LogP contribution in [0, 0.1) is 5.82 Å². The van der Waals surface area contributed by atoms with Gasteiger partial charge < -0.3 is 15.4 Å². The van der Waals surface area contributed by atoms with Gasteiger partial charge in [0.05, 0.1) is 12.1 Å². The third kappa shape index (κ3) is 3.88. The first kappa shape index (κ1) is 17.6. The second-order valence-electron chi connectivity index (χ2n) is 6.33. The van der Waals surface area contributed by atoms with Gasteiger partial charge in [0.2, 0.25) is 0 Å². The zero-order valence-corrected chi connectivity index (χ0v) is 13.9. The van der Waals surface area contributed by atoms with Crippen molar-refractivity contribution in [3.05, 3.63) is 46.0 Å². The third-order valence-electron chi connectivity index (χ3n) is 4.70. The molecule has 2 heterocycles. The van der Waals surface area contributed by atoms with E-state index in [4.69, 9.17) is 0 Å². The molecule has 1 aliphatic rings. The van der Waals surface area contributed by atoms with Gasteiger partial charge in [0.25, 0.3) is 5.91 Å². The maximum absolute atomic E-state index is 13.9. The molecule has 3 N–H and O–H groups in total. The van der Waals surface area contributed by atoms with E-state index in [1.165, 1.54) is 24.3 Å². The van der Waals surface area contributed by atoms with Crippen molar-refractivity contribution in [2.24, 2.45) is 0 Å². The van der Waals surface area contributed by atoms with E-state index in [2.05, 4.69) is 15.2 Å². The SMILES string of the molecule is O=C(NCCN1CCCC[C@H]1CO)c1cc(=O)c2cccc(F)c2[nH]1. The number of pyridine rings is 1. The number of likely N-dealkylation sites (tertiary alicyclic amines) is 1. The molecule has 0 spiro atoms. The molecule has 0 unspecified atom stereocenters. The van der Waals surface area contributed by atoms with Crippen molar-refractivity contribution in [3.8, 4) is 0 Å². The number of nitrogens with one attached hydrogen (secondary N) is 2. The Morgan fingerprint density at radius 2 is 2.24 bits per heavy atom. The molecular formula is C18H22FN3O3. The van der Waals surface area contributed by atoms with Gasteiger partial charge in [-0.25, -0.2) is 4.39 Å². The average Bonchev–Trinajstić information content (AvgIpc) is 2.62. The molecule has 0 aliphatic carbocycles. The number of aliphatic hydroxyl groups is 1. The fourth-order valence-corrected chi connectivity index (χ4v) is 3.33. The minimum Gasteiger partial charge on any atom is -0.395 e. The molecule has 1 atom stereocenters. The molecule has 1 aromatic carbocycles. The van der Waals surface area contributed by atoms with Gasteiger partial charge in [0.1, 0.15) is 11.5 Å². The zero-order chi connectivity index (χ0) is 17.8. The van der Waals surface area contributed by atoms with Crippen LogP contribution in [0.15, 0.2) is 29.1 Å². The van der Waals surface area contributed by atoms with Gasteiger partial charge in [-0.15, -0.1) is 0 Å². The minimum absolute atomic E-state index is 0.0384. The number of aliphatic hydroxyl groups excluding tert-OH is 1. The van der Waals surface area contributed by atoms with Crippen molar-refractivity contribution >= 4 is 16.8 Å². The number of halogens is 1. The number of aromatic amines is 1.